The van der Waals surface area contributed by atoms with E-state index in [4.69, 9.17) is 0 Å². The van der Waals surface area contributed by atoms with Crippen molar-refractivity contribution in [2.45, 2.75) is 111 Å². The Kier molecular flexibility index (Phi) is 6.54. The largest absolute Gasteiger partial charge is 0.393 e. The van der Waals surface area contributed by atoms with Crippen LogP contribution in [0.4, 0.5) is 0 Å². The number of fused-ring (bicyclic) bond motifs is 5. The Morgan fingerprint density at radius 2 is 1.94 bits per heavy atom. The van der Waals surface area contributed by atoms with Crippen LogP contribution in [0.25, 0.3) is 10.4 Å². The molecule has 0 aromatic heterocycles. The number of azide groups is 1. The molecule has 4 aliphatic carbocycles. The van der Waals surface area contributed by atoms with E-state index in [1.54, 1.807) is 0 Å². The Morgan fingerprint density at radius 3 is 2.65 bits per heavy atom. The van der Waals surface area contributed by atoms with Gasteiger partial charge in [0, 0.05) is 16.4 Å². The molecule has 4 aliphatic rings. The summed E-state index contributed by atoms with van der Waals surface area (Å²) in [5.74, 6) is 4.63. The van der Waals surface area contributed by atoms with Gasteiger partial charge in [-0.05, 0) is 91.4 Å². The fraction of sp³-hybridized carbons (Fsp3) is 0.926. The van der Waals surface area contributed by atoms with Crippen LogP contribution in [0.15, 0.2) is 16.8 Å². The lowest BCUT2D eigenvalue weighted by Crippen LogP contribution is -2.55. The fourth-order valence-corrected chi connectivity index (χ4v) is 8.96. The second kappa shape index (κ2) is 8.75. The van der Waals surface area contributed by atoms with Gasteiger partial charge in [0.1, 0.15) is 0 Å². The predicted molar refractivity (Wildman–Crippen MR) is 127 cm³/mol. The van der Waals surface area contributed by atoms with Crippen molar-refractivity contribution in [3.63, 3.8) is 0 Å². The third-order valence-electron chi connectivity index (χ3n) is 10.6. The number of nitrogens with zero attached hydrogens (tertiary/aromatic N) is 3. The summed E-state index contributed by atoms with van der Waals surface area (Å²) in [5, 5.41) is 14.7. The van der Waals surface area contributed by atoms with E-state index in [0.717, 1.165) is 30.1 Å². The van der Waals surface area contributed by atoms with E-state index in [9.17, 15) is 10.6 Å². The first kappa shape index (κ1) is 23.2. The maximum atomic E-state index is 10.4. The molecule has 0 radical (unpaired) electrons. The van der Waals surface area contributed by atoms with Crippen molar-refractivity contribution in [3.05, 3.63) is 22.1 Å². The lowest BCUT2D eigenvalue weighted by molar-refractivity contribution is -0.0637. The van der Waals surface area contributed by atoms with Crippen LogP contribution in [0.1, 0.15) is 98.8 Å². The third-order valence-corrected chi connectivity index (χ3v) is 10.6. The highest BCUT2D eigenvalue weighted by Gasteiger charge is 2.60. The molecule has 4 rings (SSSR count). The van der Waals surface area contributed by atoms with Crippen LogP contribution in [0.5, 0.6) is 0 Å². The topological polar surface area (TPSA) is 69.0 Å². The summed E-state index contributed by atoms with van der Waals surface area (Å²) in [4.78, 5) is 3.21. The van der Waals surface area contributed by atoms with Crippen molar-refractivity contribution < 1.29 is 5.11 Å². The van der Waals surface area contributed by atoms with E-state index in [1.807, 2.05) is 0 Å². The van der Waals surface area contributed by atoms with Gasteiger partial charge in [-0.2, -0.15) is 0 Å². The number of hydrogen-bond donors (Lipinski definition) is 1. The zero-order valence-electron chi connectivity index (χ0n) is 20.6. The van der Waals surface area contributed by atoms with Gasteiger partial charge >= 0.3 is 0 Å². The maximum absolute atomic E-state index is 10.4. The summed E-state index contributed by atoms with van der Waals surface area (Å²) in [5.41, 5.74) is 11.1. The number of aliphatic hydroxyl groups excluding tert-OH is 1. The van der Waals surface area contributed by atoms with Crippen LogP contribution in [0.2, 0.25) is 0 Å². The Morgan fingerprint density at radius 1 is 1.16 bits per heavy atom. The van der Waals surface area contributed by atoms with E-state index in [1.165, 1.54) is 56.9 Å². The molecule has 0 aromatic carbocycles. The van der Waals surface area contributed by atoms with Gasteiger partial charge in [-0.3, -0.25) is 0 Å². The summed E-state index contributed by atoms with van der Waals surface area (Å²) in [6, 6.07) is -0.100. The minimum atomic E-state index is -0.359. The Hall–Kier alpha value is -0.990. The molecule has 4 nitrogen and oxygen atoms in total. The summed E-state index contributed by atoms with van der Waals surface area (Å²) >= 11 is 0. The second-order valence-electron chi connectivity index (χ2n) is 12.5. The molecule has 0 aromatic rings. The highest BCUT2D eigenvalue weighted by molar-refractivity contribution is 5.28. The second-order valence-corrected chi connectivity index (χ2v) is 12.5. The highest BCUT2D eigenvalue weighted by Crippen LogP contribution is 2.67. The smallest absolute Gasteiger partial charge is 0.0581 e. The molecule has 3 fully saturated rings. The molecule has 31 heavy (non-hydrogen) atoms. The van der Waals surface area contributed by atoms with Gasteiger partial charge < -0.3 is 5.11 Å². The first-order valence-corrected chi connectivity index (χ1v) is 13.1. The summed E-state index contributed by atoms with van der Waals surface area (Å²) < 4.78 is 0. The SMILES string of the molecule is CC(C)CCC[C@@H](C)[C@H]1CC[C@H]2[C@@H]3CC=C4C[C@H](O)CC(N=[N+]=[N-])[C@]4(C)[C@H]3CC[C@]12C. The standard InChI is InChI=1S/C27H45N3O/c1-17(2)7-6-8-18(3)22-11-12-23-21-10-9-19-15-20(31)16-25(29-30-28)27(19,5)24(21)13-14-26(22,23)4/h9,17-18,20-25,31H,6-8,10-16H2,1-5H3/t18-,20+,21+,22-,23+,24+,25?,26-,27+/m1/s1. The van der Waals surface area contributed by atoms with Crippen molar-refractivity contribution in [1.82, 2.24) is 0 Å². The molecule has 1 unspecified atom stereocenters. The highest BCUT2D eigenvalue weighted by atomic mass is 16.3. The molecule has 0 bridgehead atoms. The number of hydrogen-bond acceptors (Lipinski definition) is 2. The molecule has 1 N–H and O–H groups in total. The van der Waals surface area contributed by atoms with Crippen LogP contribution < -0.4 is 0 Å². The monoisotopic (exact) mass is 427 g/mol. The molecule has 0 spiro atoms. The van der Waals surface area contributed by atoms with Crippen LogP contribution in [0, 0.1) is 46.3 Å². The molecular weight excluding hydrogens is 382 g/mol. The summed E-state index contributed by atoms with van der Waals surface area (Å²) in [6.07, 6.45) is 14.1. The molecule has 3 saturated carbocycles. The van der Waals surface area contributed by atoms with Crippen LogP contribution in [0.3, 0.4) is 0 Å². The summed E-state index contributed by atoms with van der Waals surface area (Å²) in [7, 11) is 0. The van der Waals surface area contributed by atoms with Gasteiger partial charge in [0.2, 0.25) is 0 Å². The number of aliphatic hydroxyl groups is 1. The normalized spacial score (nSPS) is 45.2. The van der Waals surface area contributed by atoms with E-state index >= 15 is 0 Å². The Balaban J connectivity index is 1.56. The van der Waals surface area contributed by atoms with Gasteiger partial charge in [0.05, 0.1) is 6.10 Å². The Labute approximate surface area is 189 Å². The average molecular weight is 428 g/mol. The van der Waals surface area contributed by atoms with Crippen LogP contribution in [-0.2, 0) is 0 Å². The molecule has 174 valence electrons. The van der Waals surface area contributed by atoms with E-state index in [0.29, 0.717) is 23.7 Å². The third kappa shape index (κ3) is 3.86. The van der Waals surface area contributed by atoms with E-state index < -0.39 is 0 Å². The minimum Gasteiger partial charge on any atom is -0.393 e. The fourth-order valence-electron chi connectivity index (χ4n) is 8.96. The molecule has 9 atom stereocenters. The van der Waals surface area contributed by atoms with Gasteiger partial charge in [0.15, 0.2) is 0 Å². The van der Waals surface area contributed by atoms with Crippen LogP contribution >= 0.6 is 0 Å². The van der Waals surface area contributed by atoms with Crippen molar-refractivity contribution in [1.29, 1.82) is 0 Å². The van der Waals surface area contributed by atoms with Crippen molar-refractivity contribution in [2.75, 3.05) is 0 Å². The minimum absolute atomic E-state index is 0.0589. The van der Waals surface area contributed by atoms with Crippen molar-refractivity contribution in [3.8, 4) is 0 Å². The maximum Gasteiger partial charge on any atom is 0.0581 e. The number of allylic oxidation sites excluding steroid dienone is 1. The molecule has 0 saturated heterocycles. The lowest BCUT2D eigenvalue weighted by Gasteiger charge is -2.60. The zero-order valence-corrected chi connectivity index (χ0v) is 20.6. The zero-order chi connectivity index (χ0) is 22.4. The first-order chi connectivity index (χ1) is 14.7. The van der Waals surface area contributed by atoms with Gasteiger partial charge in [0.25, 0.3) is 0 Å². The molecule has 0 heterocycles. The Bertz CT molecular complexity index is 741. The quantitative estimate of drug-likeness (QED) is 0.201. The average Bonchev–Trinajstić information content (AvgIpc) is 3.06. The number of rotatable bonds is 6. The predicted octanol–water partition coefficient (Wildman–Crippen LogP) is 7.68. The molecule has 0 aliphatic heterocycles. The molecule has 0 amide bonds. The summed E-state index contributed by atoms with van der Waals surface area (Å²) in [6.45, 7) is 12.2. The lowest BCUT2D eigenvalue weighted by atomic mass is 9.46. The van der Waals surface area contributed by atoms with E-state index in [-0.39, 0.29) is 17.6 Å². The molecular formula is C27H45N3O. The van der Waals surface area contributed by atoms with E-state index in [2.05, 4.69) is 50.7 Å². The van der Waals surface area contributed by atoms with Crippen LogP contribution in [-0.4, -0.2) is 17.3 Å². The van der Waals surface area contributed by atoms with Crippen molar-refractivity contribution >= 4 is 0 Å². The van der Waals surface area contributed by atoms with Gasteiger partial charge in [-0.15, -0.1) is 0 Å². The molecule has 4 heteroatoms. The van der Waals surface area contributed by atoms with Gasteiger partial charge in [-0.1, -0.05) is 70.6 Å². The first-order valence-electron chi connectivity index (χ1n) is 13.1. The van der Waals surface area contributed by atoms with Crippen molar-refractivity contribution in [2.24, 2.45) is 51.5 Å². The van der Waals surface area contributed by atoms with Gasteiger partial charge in [-0.25, -0.2) is 0 Å².